The van der Waals surface area contributed by atoms with Crippen LogP contribution in [-0.2, 0) is 23.7 Å². The van der Waals surface area contributed by atoms with Crippen molar-refractivity contribution in [2.45, 2.75) is 30.8 Å². The summed E-state index contributed by atoms with van der Waals surface area (Å²) in [6.45, 7) is 0.320. The Morgan fingerprint density at radius 1 is 0.900 bits per heavy atom. The van der Waals surface area contributed by atoms with Crippen LogP contribution >= 0.6 is 0 Å². The number of hydrogen-bond donors (Lipinski definition) is 0. The number of esters is 2. The number of benzene rings is 2. The Bertz CT molecular complexity index is 854. The van der Waals surface area contributed by atoms with Crippen LogP contribution in [0, 0.1) is 0 Å². The normalized spacial score (nSPS) is 26.4. The first-order chi connectivity index (χ1) is 14.6. The Morgan fingerprint density at radius 2 is 1.47 bits per heavy atom. The SMILES string of the molecule is O=C(OC[C@H]1O[C@@H](C2OCCO2)[C@H](OC(=O)c2ccccc2)[C@H]1F)c1ccccc1. The summed E-state index contributed by atoms with van der Waals surface area (Å²) < 4.78 is 42.4. The third-order valence-electron chi connectivity index (χ3n) is 4.88. The lowest BCUT2D eigenvalue weighted by atomic mass is 10.1. The highest BCUT2D eigenvalue weighted by atomic mass is 19.1. The Balaban J connectivity index is 1.44. The van der Waals surface area contributed by atoms with E-state index in [0.29, 0.717) is 18.8 Å². The Hall–Kier alpha value is -2.81. The highest BCUT2D eigenvalue weighted by molar-refractivity contribution is 5.89. The molecule has 2 fully saturated rings. The minimum absolute atomic E-state index is 0.288. The van der Waals surface area contributed by atoms with Crippen LogP contribution in [0.3, 0.4) is 0 Å². The van der Waals surface area contributed by atoms with Crippen molar-refractivity contribution < 1.29 is 37.7 Å². The van der Waals surface area contributed by atoms with Crippen molar-refractivity contribution in [3.05, 3.63) is 71.8 Å². The number of carbonyl (C=O) groups excluding carboxylic acids is 2. The first-order valence-electron chi connectivity index (χ1n) is 9.64. The van der Waals surface area contributed by atoms with Gasteiger partial charge in [-0.15, -0.1) is 0 Å². The van der Waals surface area contributed by atoms with E-state index in [1.54, 1.807) is 60.7 Å². The molecule has 0 aliphatic carbocycles. The van der Waals surface area contributed by atoms with Gasteiger partial charge in [0.15, 0.2) is 18.6 Å². The van der Waals surface area contributed by atoms with Crippen LogP contribution in [0.15, 0.2) is 60.7 Å². The molecule has 158 valence electrons. The van der Waals surface area contributed by atoms with Gasteiger partial charge in [-0.1, -0.05) is 36.4 Å². The molecule has 7 nitrogen and oxygen atoms in total. The van der Waals surface area contributed by atoms with E-state index in [0.717, 1.165) is 0 Å². The van der Waals surface area contributed by atoms with E-state index < -0.39 is 42.7 Å². The molecule has 2 aliphatic heterocycles. The predicted octanol–water partition coefficient (Wildman–Crippen LogP) is 2.55. The zero-order chi connectivity index (χ0) is 20.9. The maximum Gasteiger partial charge on any atom is 0.338 e. The fourth-order valence-electron chi connectivity index (χ4n) is 3.38. The maximum atomic E-state index is 15.2. The molecule has 2 aromatic carbocycles. The Morgan fingerprint density at radius 3 is 2.07 bits per heavy atom. The highest BCUT2D eigenvalue weighted by Crippen LogP contribution is 2.32. The van der Waals surface area contributed by atoms with Crippen LogP contribution in [0.4, 0.5) is 4.39 Å². The summed E-state index contributed by atoms with van der Waals surface area (Å²) in [5.74, 6) is -1.28. The number of ether oxygens (including phenoxy) is 5. The molecule has 4 rings (SSSR count). The van der Waals surface area contributed by atoms with Crippen LogP contribution in [0.2, 0.25) is 0 Å². The topological polar surface area (TPSA) is 80.3 Å². The molecule has 2 heterocycles. The lowest BCUT2D eigenvalue weighted by Crippen LogP contribution is -2.41. The van der Waals surface area contributed by atoms with Crippen molar-refractivity contribution in [1.29, 1.82) is 0 Å². The zero-order valence-corrected chi connectivity index (χ0v) is 16.0. The van der Waals surface area contributed by atoms with Gasteiger partial charge >= 0.3 is 11.9 Å². The average molecular weight is 416 g/mol. The average Bonchev–Trinajstić information content (AvgIpc) is 3.42. The molecule has 4 atom stereocenters. The van der Waals surface area contributed by atoms with E-state index in [2.05, 4.69) is 0 Å². The fraction of sp³-hybridized carbons (Fsp3) is 0.364. The molecule has 2 aliphatic rings. The molecule has 30 heavy (non-hydrogen) atoms. The zero-order valence-electron chi connectivity index (χ0n) is 16.0. The molecule has 0 N–H and O–H groups in total. The summed E-state index contributed by atoms with van der Waals surface area (Å²) in [6, 6.07) is 16.6. The second kappa shape index (κ2) is 9.34. The van der Waals surface area contributed by atoms with Gasteiger partial charge in [-0.25, -0.2) is 14.0 Å². The smallest absolute Gasteiger partial charge is 0.338 e. The predicted molar refractivity (Wildman–Crippen MR) is 102 cm³/mol. The second-order valence-corrected chi connectivity index (χ2v) is 6.89. The van der Waals surface area contributed by atoms with Crippen LogP contribution in [0.1, 0.15) is 20.7 Å². The summed E-state index contributed by atoms with van der Waals surface area (Å²) in [7, 11) is 0. The minimum atomic E-state index is -1.72. The van der Waals surface area contributed by atoms with Crippen LogP contribution in [-0.4, -0.2) is 62.5 Å². The van der Waals surface area contributed by atoms with E-state index >= 15 is 4.39 Å². The molecule has 8 heteroatoms. The van der Waals surface area contributed by atoms with Gasteiger partial charge in [-0.3, -0.25) is 0 Å². The van der Waals surface area contributed by atoms with Crippen molar-refractivity contribution in [2.75, 3.05) is 19.8 Å². The summed E-state index contributed by atoms with van der Waals surface area (Å²) in [5, 5.41) is 0. The summed E-state index contributed by atoms with van der Waals surface area (Å²) in [4.78, 5) is 24.6. The van der Waals surface area contributed by atoms with Gasteiger partial charge in [0, 0.05) is 0 Å². The number of alkyl halides is 1. The lowest BCUT2D eigenvalue weighted by Gasteiger charge is -2.23. The van der Waals surface area contributed by atoms with Gasteiger partial charge in [0.1, 0.15) is 18.8 Å². The molecule has 0 radical (unpaired) electrons. The largest absolute Gasteiger partial charge is 0.459 e. The Kier molecular flexibility index (Phi) is 6.37. The molecular formula is C22H21FO7. The molecule has 0 unspecified atom stereocenters. The van der Waals surface area contributed by atoms with Crippen molar-refractivity contribution in [3.8, 4) is 0 Å². The molecule has 0 amide bonds. The van der Waals surface area contributed by atoms with Gasteiger partial charge in [0.2, 0.25) is 0 Å². The van der Waals surface area contributed by atoms with E-state index in [9.17, 15) is 9.59 Å². The Labute approximate surface area is 172 Å². The molecule has 0 bridgehead atoms. The van der Waals surface area contributed by atoms with Gasteiger partial charge in [-0.05, 0) is 24.3 Å². The van der Waals surface area contributed by atoms with Crippen molar-refractivity contribution >= 4 is 11.9 Å². The van der Waals surface area contributed by atoms with E-state index in [-0.39, 0.29) is 12.2 Å². The summed E-state index contributed by atoms with van der Waals surface area (Å²) in [5.41, 5.74) is 0.632. The quantitative estimate of drug-likeness (QED) is 0.670. The van der Waals surface area contributed by atoms with Gasteiger partial charge in [0.25, 0.3) is 0 Å². The van der Waals surface area contributed by atoms with Crippen LogP contribution in [0.25, 0.3) is 0 Å². The van der Waals surface area contributed by atoms with E-state index in [1.165, 1.54) is 0 Å². The molecule has 0 saturated carbocycles. The van der Waals surface area contributed by atoms with Gasteiger partial charge in [0.05, 0.1) is 24.3 Å². The number of hydrogen-bond acceptors (Lipinski definition) is 7. The monoisotopic (exact) mass is 416 g/mol. The van der Waals surface area contributed by atoms with E-state index in [1.807, 2.05) is 0 Å². The third-order valence-corrected chi connectivity index (χ3v) is 4.88. The van der Waals surface area contributed by atoms with Crippen molar-refractivity contribution in [2.24, 2.45) is 0 Å². The first-order valence-corrected chi connectivity index (χ1v) is 9.64. The minimum Gasteiger partial charge on any atom is -0.459 e. The maximum absolute atomic E-state index is 15.2. The van der Waals surface area contributed by atoms with Gasteiger partial charge in [-0.2, -0.15) is 0 Å². The van der Waals surface area contributed by atoms with E-state index in [4.69, 9.17) is 23.7 Å². The van der Waals surface area contributed by atoms with Gasteiger partial charge < -0.3 is 23.7 Å². The molecule has 0 spiro atoms. The van der Waals surface area contributed by atoms with Crippen LogP contribution in [0.5, 0.6) is 0 Å². The second-order valence-electron chi connectivity index (χ2n) is 6.89. The molecule has 2 saturated heterocycles. The molecular weight excluding hydrogens is 395 g/mol. The number of rotatable bonds is 6. The third kappa shape index (κ3) is 4.51. The summed E-state index contributed by atoms with van der Waals surface area (Å²) >= 11 is 0. The lowest BCUT2D eigenvalue weighted by molar-refractivity contribution is -0.161. The summed E-state index contributed by atoms with van der Waals surface area (Å²) in [6.07, 6.45) is -5.95. The van der Waals surface area contributed by atoms with Crippen molar-refractivity contribution in [3.63, 3.8) is 0 Å². The number of carbonyl (C=O) groups is 2. The number of halogens is 1. The molecule has 0 aromatic heterocycles. The fourth-order valence-corrected chi connectivity index (χ4v) is 3.38. The molecule has 2 aromatic rings. The standard InChI is InChI=1S/C22H21FO7/c23-17-16(13-28-20(24)14-7-3-1-4-8-14)29-19(22-26-11-12-27-22)18(17)30-21(25)15-9-5-2-6-10-15/h1-10,16-19,22H,11-13H2/t16-,17+,18-,19-/m1/s1. The first kappa shape index (κ1) is 20.5. The van der Waals surface area contributed by atoms with Crippen molar-refractivity contribution in [1.82, 2.24) is 0 Å². The van der Waals surface area contributed by atoms with Crippen LogP contribution < -0.4 is 0 Å². The highest BCUT2D eigenvalue weighted by Gasteiger charge is 2.52.